The summed E-state index contributed by atoms with van der Waals surface area (Å²) in [7, 11) is 0. The van der Waals surface area contributed by atoms with Crippen LogP contribution < -0.4 is 10.5 Å². The lowest BCUT2D eigenvalue weighted by atomic mass is 10.2. The van der Waals surface area contributed by atoms with Gasteiger partial charge in [0, 0.05) is 36.5 Å². The van der Waals surface area contributed by atoms with Crippen LogP contribution in [-0.2, 0) is 6.54 Å². The third-order valence-electron chi connectivity index (χ3n) is 5.55. The van der Waals surface area contributed by atoms with Crippen molar-refractivity contribution in [3.05, 3.63) is 64.8 Å². The molecule has 5 rings (SSSR count). The number of hydrogen-bond donors (Lipinski definition) is 0. The minimum Gasteiger partial charge on any atom is -0.350 e. The molecule has 3 aromatic rings. The summed E-state index contributed by atoms with van der Waals surface area (Å²) in [6, 6.07) is 11.5. The van der Waals surface area contributed by atoms with Crippen LogP contribution in [0.4, 0.5) is 5.82 Å². The van der Waals surface area contributed by atoms with Gasteiger partial charge in [0.05, 0.1) is 24.0 Å². The average Bonchev–Trinajstić information content (AvgIpc) is 3.49. The van der Waals surface area contributed by atoms with Crippen LogP contribution in [0.25, 0.3) is 11.3 Å². The van der Waals surface area contributed by atoms with Gasteiger partial charge in [0.25, 0.3) is 5.56 Å². The zero-order chi connectivity index (χ0) is 18.9. The predicted molar refractivity (Wildman–Crippen MR) is 106 cm³/mol. The molecule has 1 saturated carbocycles. The van der Waals surface area contributed by atoms with Gasteiger partial charge in [0.1, 0.15) is 0 Å². The van der Waals surface area contributed by atoms with Crippen LogP contribution in [0.2, 0.25) is 0 Å². The Kier molecular flexibility index (Phi) is 4.35. The summed E-state index contributed by atoms with van der Waals surface area (Å²) in [6.45, 7) is 1.47. The molecule has 2 fully saturated rings. The molecule has 1 aliphatic carbocycles. The quantitative estimate of drug-likeness (QED) is 0.683. The summed E-state index contributed by atoms with van der Waals surface area (Å²) < 4.78 is 1.57. The van der Waals surface area contributed by atoms with Gasteiger partial charge in [-0.1, -0.05) is 0 Å². The summed E-state index contributed by atoms with van der Waals surface area (Å²) >= 11 is 0. The van der Waals surface area contributed by atoms with Crippen LogP contribution in [0, 0.1) is 0 Å². The van der Waals surface area contributed by atoms with Crippen LogP contribution in [0.15, 0.2) is 53.6 Å². The second-order valence-corrected chi connectivity index (χ2v) is 7.56. The van der Waals surface area contributed by atoms with E-state index in [1.807, 2.05) is 12.1 Å². The van der Waals surface area contributed by atoms with Crippen molar-refractivity contribution in [1.82, 2.24) is 25.0 Å². The maximum absolute atomic E-state index is 12.4. The van der Waals surface area contributed by atoms with Crippen LogP contribution in [0.3, 0.4) is 0 Å². The lowest BCUT2D eigenvalue weighted by Crippen LogP contribution is -2.37. The van der Waals surface area contributed by atoms with E-state index in [9.17, 15) is 4.79 Å². The van der Waals surface area contributed by atoms with Crippen molar-refractivity contribution in [3.63, 3.8) is 0 Å². The molecule has 7 heteroatoms. The summed E-state index contributed by atoms with van der Waals surface area (Å²) in [5, 5.41) is 13.5. The van der Waals surface area contributed by atoms with Gasteiger partial charge < -0.3 is 4.90 Å². The van der Waals surface area contributed by atoms with E-state index in [-0.39, 0.29) is 11.6 Å². The molecule has 0 spiro atoms. The fraction of sp³-hybridized carbons (Fsp3) is 0.381. The van der Waals surface area contributed by atoms with Crippen molar-refractivity contribution in [2.45, 2.75) is 44.2 Å². The van der Waals surface area contributed by atoms with E-state index in [4.69, 9.17) is 0 Å². The van der Waals surface area contributed by atoms with Crippen molar-refractivity contribution >= 4 is 5.82 Å². The highest BCUT2D eigenvalue weighted by Gasteiger charge is 2.29. The number of aromatic nitrogens is 5. The van der Waals surface area contributed by atoms with E-state index in [2.05, 4.69) is 37.3 Å². The monoisotopic (exact) mass is 374 g/mol. The molecule has 1 aliphatic heterocycles. The van der Waals surface area contributed by atoms with Crippen molar-refractivity contribution in [3.8, 4) is 11.3 Å². The smallest absolute Gasteiger partial charge is 0.266 e. The number of pyridine rings is 1. The van der Waals surface area contributed by atoms with E-state index in [0.29, 0.717) is 12.5 Å². The highest BCUT2D eigenvalue weighted by atomic mass is 16.1. The molecular formula is C21H22N6O. The van der Waals surface area contributed by atoms with Gasteiger partial charge >= 0.3 is 0 Å². The Morgan fingerprint density at radius 1 is 1.04 bits per heavy atom. The van der Waals surface area contributed by atoms with Gasteiger partial charge in [-0.2, -0.15) is 10.2 Å². The lowest BCUT2D eigenvalue weighted by molar-refractivity contribution is 0.488. The van der Waals surface area contributed by atoms with Gasteiger partial charge in [-0.05, 0) is 56.0 Å². The van der Waals surface area contributed by atoms with Gasteiger partial charge in [0.15, 0.2) is 5.82 Å². The lowest BCUT2D eigenvalue weighted by Gasteiger charge is -2.25. The van der Waals surface area contributed by atoms with Crippen molar-refractivity contribution in [2.75, 3.05) is 11.4 Å². The first-order valence-electron chi connectivity index (χ1n) is 9.87. The Morgan fingerprint density at radius 2 is 1.96 bits per heavy atom. The topological polar surface area (TPSA) is 76.8 Å². The molecule has 0 amide bonds. The molecule has 0 radical (unpaired) electrons. The predicted octanol–water partition coefficient (Wildman–Crippen LogP) is 2.64. The maximum atomic E-state index is 12.4. The summed E-state index contributed by atoms with van der Waals surface area (Å²) in [5.41, 5.74) is 2.67. The Balaban J connectivity index is 1.38. The molecule has 0 N–H and O–H groups in total. The van der Waals surface area contributed by atoms with Crippen LogP contribution in [0.5, 0.6) is 0 Å². The Hall–Kier alpha value is -3.09. The van der Waals surface area contributed by atoms with Crippen molar-refractivity contribution in [2.24, 2.45) is 0 Å². The van der Waals surface area contributed by atoms with Gasteiger partial charge in [-0.15, -0.1) is 5.10 Å². The molecule has 1 unspecified atom stereocenters. The van der Waals surface area contributed by atoms with Crippen LogP contribution in [0.1, 0.15) is 37.3 Å². The van der Waals surface area contributed by atoms with E-state index < -0.39 is 0 Å². The Labute approximate surface area is 163 Å². The number of rotatable bonds is 5. The first-order valence-corrected chi connectivity index (χ1v) is 9.87. The first-order chi connectivity index (χ1) is 13.8. The zero-order valence-electron chi connectivity index (χ0n) is 15.6. The molecule has 3 aromatic heterocycles. The van der Waals surface area contributed by atoms with Gasteiger partial charge in [-0.25, -0.2) is 4.68 Å². The maximum Gasteiger partial charge on any atom is 0.266 e. The second-order valence-electron chi connectivity index (χ2n) is 7.56. The molecule has 28 heavy (non-hydrogen) atoms. The molecule has 0 aromatic carbocycles. The van der Waals surface area contributed by atoms with Crippen LogP contribution in [-0.4, -0.2) is 37.5 Å². The van der Waals surface area contributed by atoms with Gasteiger partial charge in [0.2, 0.25) is 0 Å². The van der Waals surface area contributed by atoms with E-state index in [0.717, 1.165) is 42.2 Å². The van der Waals surface area contributed by atoms with Gasteiger partial charge in [-0.3, -0.25) is 9.78 Å². The fourth-order valence-electron chi connectivity index (χ4n) is 3.86. The number of hydrogen-bond acceptors (Lipinski definition) is 6. The number of anilines is 1. The molecule has 2 aliphatic rings. The fourth-order valence-corrected chi connectivity index (χ4v) is 3.86. The second kappa shape index (κ2) is 7.14. The van der Waals surface area contributed by atoms with E-state index >= 15 is 0 Å². The highest BCUT2D eigenvalue weighted by molar-refractivity contribution is 5.56. The summed E-state index contributed by atoms with van der Waals surface area (Å²) in [4.78, 5) is 18.8. The largest absolute Gasteiger partial charge is 0.350 e. The third kappa shape index (κ3) is 3.40. The summed E-state index contributed by atoms with van der Waals surface area (Å²) in [5.74, 6) is 1.50. The minimum atomic E-state index is -0.0883. The van der Waals surface area contributed by atoms with Crippen LogP contribution >= 0.6 is 0 Å². The molecule has 1 saturated heterocycles. The Morgan fingerprint density at radius 3 is 2.71 bits per heavy atom. The SMILES string of the molecule is O=c1ccc(-c2cccnc2)nn1CC1CCCN1c1ccc(C2CC2)nn1. The van der Waals surface area contributed by atoms with Crippen molar-refractivity contribution in [1.29, 1.82) is 0 Å². The highest BCUT2D eigenvalue weighted by Crippen LogP contribution is 2.39. The Bertz CT molecular complexity index is 1010. The molecule has 4 heterocycles. The zero-order valence-corrected chi connectivity index (χ0v) is 15.6. The molecular weight excluding hydrogens is 352 g/mol. The van der Waals surface area contributed by atoms with E-state index in [1.165, 1.54) is 12.8 Å². The minimum absolute atomic E-state index is 0.0883. The average molecular weight is 374 g/mol. The standard InChI is InChI=1S/C21H22N6O/c28-21-10-8-19(16-3-1-11-22-13-16)25-27(21)14-17-4-2-12-26(17)20-9-7-18(23-24-20)15-5-6-15/h1,3,7-11,13,15,17H,2,4-6,12,14H2. The molecule has 142 valence electrons. The molecule has 1 atom stereocenters. The first kappa shape index (κ1) is 17.0. The van der Waals surface area contributed by atoms with E-state index in [1.54, 1.807) is 29.2 Å². The molecule has 0 bridgehead atoms. The summed E-state index contributed by atoms with van der Waals surface area (Å²) in [6.07, 6.45) is 8.02. The van der Waals surface area contributed by atoms with Crippen molar-refractivity contribution < 1.29 is 0 Å². The third-order valence-corrected chi connectivity index (χ3v) is 5.55. The normalized spacial score (nSPS) is 19.1. The molecule has 7 nitrogen and oxygen atoms in total. The number of nitrogens with zero attached hydrogens (tertiary/aromatic N) is 6.